The Hall–Kier alpha value is -2.62. The summed E-state index contributed by atoms with van der Waals surface area (Å²) >= 11 is 0. The van der Waals surface area contributed by atoms with Crippen molar-refractivity contribution in [3.8, 4) is 0 Å². The maximum Gasteiger partial charge on any atom is 0.253 e. The van der Waals surface area contributed by atoms with E-state index in [1.165, 1.54) is 24.0 Å². The fourth-order valence-corrected chi connectivity index (χ4v) is 3.62. The van der Waals surface area contributed by atoms with E-state index < -0.39 is 0 Å². The summed E-state index contributed by atoms with van der Waals surface area (Å²) in [7, 11) is 0. The van der Waals surface area contributed by atoms with Crippen LogP contribution in [-0.2, 0) is 19.4 Å². The van der Waals surface area contributed by atoms with Crippen molar-refractivity contribution >= 4 is 11.8 Å². The molecule has 2 amide bonds. The zero-order chi connectivity index (χ0) is 19.2. The van der Waals surface area contributed by atoms with Crippen LogP contribution in [0.15, 0.2) is 42.5 Å². The van der Waals surface area contributed by atoms with Gasteiger partial charge in [0, 0.05) is 30.8 Å². The second-order valence-electron chi connectivity index (χ2n) is 7.05. The number of aryl methyl sites for hydroxylation is 2. The summed E-state index contributed by atoms with van der Waals surface area (Å²) in [4.78, 5) is 26.6. The fourth-order valence-electron chi connectivity index (χ4n) is 3.62. The largest absolute Gasteiger partial charge is 0.348 e. The lowest BCUT2D eigenvalue weighted by atomic mass is 9.90. The van der Waals surface area contributed by atoms with Crippen molar-refractivity contribution in [3.05, 3.63) is 70.3 Å². The number of carbonyl (C=O) groups excluding carboxylic acids is 2. The van der Waals surface area contributed by atoms with E-state index in [0.717, 1.165) is 24.0 Å². The van der Waals surface area contributed by atoms with Crippen molar-refractivity contribution in [2.24, 2.45) is 0 Å². The van der Waals surface area contributed by atoms with E-state index in [1.807, 2.05) is 50.2 Å². The van der Waals surface area contributed by atoms with Gasteiger partial charge in [-0.05, 0) is 80.5 Å². The van der Waals surface area contributed by atoms with Gasteiger partial charge in [0.25, 0.3) is 11.8 Å². The molecule has 0 atom stereocenters. The highest BCUT2D eigenvalue weighted by Crippen LogP contribution is 2.22. The minimum absolute atomic E-state index is 0.0460. The number of carbonyl (C=O) groups is 2. The maximum atomic E-state index is 12.5. The van der Waals surface area contributed by atoms with Gasteiger partial charge in [-0.25, -0.2) is 0 Å². The molecule has 0 spiro atoms. The molecule has 0 unspecified atom stereocenters. The van der Waals surface area contributed by atoms with Crippen LogP contribution in [0.4, 0.5) is 0 Å². The van der Waals surface area contributed by atoms with Gasteiger partial charge in [0.2, 0.25) is 0 Å². The summed E-state index contributed by atoms with van der Waals surface area (Å²) in [5.74, 6) is -0.00341. The smallest absolute Gasteiger partial charge is 0.253 e. The predicted octanol–water partition coefficient (Wildman–Crippen LogP) is 3.98. The van der Waals surface area contributed by atoms with Gasteiger partial charge in [-0.15, -0.1) is 0 Å². The average Bonchev–Trinajstić information content (AvgIpc) is 2.72. The molecule has 2 aromatic carbocycles. The Labute approximate surface area is 161 Å². The fraction of sp³-hybridized carbons (Fsp3) is 0.391. The Kier molecular flexibility index (Phi) is 6.28. The Morgan fingerprint density at radius 3 is 2.19 bits per heavy atom. The van der Waals surface area contributed by atoms with Crippen molar-refractivity contribution < 1.29 is 9.59 Å². The molecule has 0 saturated heterocycles. The van der Waals surface area contributed by atoms with Crippen LogP contribution < -0.4 is 5.32 Å². The van der Waals surface area contributed by atoms with E-state index in [1.54, 1.807) is 4.90 Å². The van der Waals surface area contributed by atoms with Crippen LogP contribution in [-0.4, -0.2) is 29.8 Å². The first-order valence-corrected chi connectivity index (χ1v) is 9.90. The highest BCUT2D eigenvalue weighted by atomic mass is 16.2. The molecular formula is C23H28N2O2. The zero-order valence-electron chi connectivity index (χ0n) is 16.3. The van der Waals surface area contributed by atoms with Crippen molar-refractivity contribution in [1.29, 1.82) is 0 Å². The first-order chi connectivity index (χ1) is 13.1. The van der Waals surface area contributed by atoms with Gasteiger partial charge in [-0.3, -0.25) is 9.59 Å². The SMILES string of the molecule is CCN(CC)C(=O)c1ccc(CNC(=O)c2ccc3c(c2)CCCC3)cc1. The number of amides is 2. The molecule has 0 heterocycles. The predicted molar refractivity (Wildman–Crippen MR) is 108 cm³/mol. The average molecular weight is 364 g/mol. The third-order valence-corrected chi connectivity index (χ3v) is 5.32. The molecule has 142 valence electrons. The third kappa shape index (κ3) is 4.57. The summed E-state index contributed by atoms with van der Waals surface area (Å²) in [5.41, 5.74) is 5.09. The van der Waals surface area contributed by atoms with Crippen molar-refractivity contribution in [2.75, 3.05) is 13.1 Å². The number of rotatable bonds is 6. The molecule has 1 aliphatic rings. The first-order valence-electron chi connectivity index (χ1n) is 9.90. The molecular weight excluding hydrogens is 336 g/mol. The van der Waals surface area contributed by atoms with E-state index in [9.17, 15) is 9.59 Å². The first kappa shape index (κ1) is 19.2. The number of hydrogen-bond acceptors (Lipinski definition) is 2. The summed E-state index contributed by atoms with van der Waals surface area (Å²) < 4.78 is 0. The number of nitrogens with zero attached hydrogens (tertiary/aromatic N) is 1. The Bertz CT molecular complexity index is 808. The van der Waals surface area contributed by atoms with Gasteiger partial charge in [-0.2, -0.15) is 0 Å². The summed E-state index contributed by atoms with van der Waals surface area (Å²) in [5, 5.41) is 2.98. The molecule has 0 fully saturated rings. The number of fused-ring (bicyclic) bond motifs is 1. The molecule has 0 aromatic heterocycles. The number of nitrogens with one attached hydrogen (secondary N) is 1. The van der Waals surface area contributed by atoms with Crippen LogP contribution in [0.5, 0.6) is 0 Å². The second kappa shape index (κ2) is 8.85. The van der Waals surface area contributed by atoms with Crippen LogP contribution in [0.25, 0.3) is 0 Å². The monoisotopic (exact) mass is 364 g/mol. The lowest BCUT2D eigenvalue weighted by Crippen LogP contribution is -2.30. The Morgan fingerprint density at radius 1 is 0.889 bits per heavy atom. The van der Waals surface area contributed by atoms with E-state index in [2.05, 4.69) is 11.4 Å². The second-order valence-corrected chi connectivity index (χ2v) is 7.05. The molecule has 0 saturated carbocycles. The van der Waals surface area contributed by atoms with Crippen molar-refractivity contribution in [1.82, 2.24) is 10.2 Å². The summed E-state index contributed by atoms with van der Waals surface area (Å²) in [6, 6.07) is 13.5. The molecule has 1 N–H and O–H groups in total. The van der Waals surface area contributed by atoms with Crippen LogP contribution in [0.3, 0.4) is 0 Å². The van der Waals surface area contributed by atoms with Crippen LogP contribution in [0, 0.1) is 0 Å². The highest BCUT2D eigenvalue weighted by molar-refractivity contribution is 5.95. The van der Waals surface area contributed by atoms with E-state index in [0.29, 0.717) is 25.2 Å². The zero-order valence-corrected chi connectivity index (χ0v) is 16.3. The van der Waals surface area contributed by atoms with Gasteiger partial charge in [0.1, 0.15) is 0 Å². The van der Waals surface area contributed by atoms with Gasteiger partial charge in [0.15, 0.2) is 0 Å². The summed E-state index contributed by atoms with van der Waals surface area (Å²) in [6.07, 6.45) is 4.64. The standard InChI is InChI=1S/C23H28N2O2/c1-3-25(4-2)23(27)19-11-9-17(10-12-19)16-24-22(26)21-14-13-18-7-5-6-8-20(18)15-21/h9-15H,3-8,16H2,1-2H3,(H,24,26). The number of benzene rings is 2. The van der Waals surface area contributed by atoms with Crippen LogP contribution in [0.2, 0.25) is 0 Å². The summed E-state index contributed by atoms with van der Waals surface area (Å²) in [6.45, 7) is 5.82. The quantitative estimate of drug-likeness (QED) is 0.843. The van der Waals surface area contributed by atoms with Crippen LogP contribution >= 0.6 is 0 Å². The van der Waals surface area contributed by atoms with Gasteiger partial charge in [-0.1, -0.05) is 18.2 Å². The van der Waals surface area contributed by atoms with Gasteiger partial charge >= 0.3 is 0 Å². The molecule has 3 rings (SSSR count). The normalized spacial score (nSPS) is 13.0. The molecule has 2 aromatic rings. The van der Waals surface area contributed by atoms with E-state index in [-0.39, 0.29) is 11.8 Å². The number of hydrogen-bond donors (Lipinski definition) is 1. The Morgan fingerprint density at radius 2 is 1.52 bits per heavy atom. The molecule has 0 radical (unpaired) electrons. The Balaban J connectivity index is 1.60. The minimum atomic E-state index is -0.0494. The molecule has 4 nitrogen and oxygen atoms in total. The van der Waals surface area contributed by atoms with Gasteiger partial charge < -0.3 is 10.2 Å². The van der Waals surface area contributed by atoms with Crippen LogP contribution in [0.1, 0.15) is 64.1 Å². The third-order valence-electron chi connectivity index (χ3n) is 5.32. The topological polar surface area (TPSA) is 49.4 Å². The molecule has 1 aliphatic carbocycles. The lowest BCUT2D eigenvalue weighted by Gasteiger charge is -2.18. The van der Waals surface area contributed by atoms with Crippen molar-refractivity contribution in [2.45, 2.75) is 46.1 Å². The molecule has 0 aliphatic heterocycles. The molecule has 0 bridgehead atoms. The maximum absolute atomic E-state index is 12.5. The van der Waals surface area contributed by atoms with Gasteiger partial charge in [0.05, 0.1) is 0 Å². The minimum Gasteiger partial charge on any atom is -0.348 e. The molecule has 4 heteroatoms. The lowest BCUT2D eigenvalue weighted by molar-refractivity contribution is 0.0772. The molecule has 27 heavy (non-hydrogen) atoms. The van der Waals surface area contributed by atoms with E-state index in [4.69, 9.17) is 0 Å². The highest BCUT2D eigenvalue weighted by Gasteiger charge is 2.14. The van der Waals surface area contributed by atoms with E-state index >= 15 is 0 Å². The van der Waals surface area contributed by atoms with Crippen molar-refractivity contribution in [3.63, 3.8) is 0 Å².